The number of ether oxygens (including phenoxy) is 1. The topological polar surface area (TPSA) is 47.3 Å². The highest BCUT2D eigenvalue weighted by Gasteiger charge is 2.10. The molecule has 4 nitrogen and oxygen atoms in total. The normalized spacial score (nSPS) is 12.4. The monoisotopic (exact) mass is 274 g/mol. The third kappa shape index (κ3) is 4.10. The van der Waals surface area contributed by atoms with Crippen molar-refractivity contribution in [3.05, 3.63) is 47.3 Å². The van der Waals surface area contributed by atoms with E-state index in [-0.39, 0.29) is 0 Å². The fourth-order valence-corrected chi connectivity index (χ4v) is 2.22. The van der Waals surface area contributed by atoms with Crippen LogP contribution in [0.5, 0.6) is 5.75 Å². The molecule has 1 atom stereocenters. The summed E-state index contributed by atoms with van der Waals surface area (Å²) >= 11 is 0. The molecule has 1 unspecified atom stereocenters. The van der Waals surface area contributed by atoms with Gasteiger partial charge in [0.25, 0.3) is 0 Å². The second-order valence-electron chi connectivity index (χ2n) is 5.21. The number of aromatic nitrogens is 2. The van der Waals surface area contributed by atoms with Crippen LogP contribution in [-0.2, 0) is 13.5 Å². The van der Waals surface area contributed by atoms with Crippen molar-refractivity contribution < 1.29 is 9.84 Å². The van der Waals surface area contributed by atoms with Gasteiger partial charge in [-0.3, -0.25) is 4.68 Å². The third-order valence-electron chi connectivity index (χ3n) is 3.25. The lowest BCUT2D eigenvalue weighted by Crippen LogP contribution is -2.16. The Hall–Kier alpha value is -1.81. The van der Waals surface area contributed by atoms with Crippen molar-refractivity contribution in [2.45, 2.75) is 32.8 Å². The molecule has 0 aliphatic rings. The zero-order valence-corrected chi connectivity index (χ0v) is 12.3. The van der Waals surface area contributed by atoms with E-state index in [0.29, 0.717) is 19.4 Å². The highest BCUT2D eigenvalue weighted by Crippen LogP contribution is 2.13. The molecular formula is C16H22N2O2. The fourth-order valence-electron chi connectivity index (χ4n) is 2.22. The summed E-state index contributed by atoms with van der Waals surface area (Å²) in [5, 5.41) is 14.3. The van der Waals surface area contributed by atoms with Crippen molar-refractivity contribution >= 4 is 0 Å². The Morgan fingerprint density at radius 2 is 2.10 bits per heavy atom. The van der Waals surface area contributed by atoms with Crippen LogP contribution in [0.4, 0.5) is 0 Å². The molecule has 2 rings (SSSR count). The van der Waals surface area contributed by atoms with Crippen LogP contribution in [0.2, 0.25) is 0 Å². The molecule has 1 aromatic heterocycles. The molecule has 20 heavy (non-hydrogen) atoms. The van der Waals surface area contributed by atoms with Gasteiger partial charge in [0.15, 0.2) is 0 Å². The number of hydrogen-bond donors (Lipinski definition) is 1. The van der Waals surface area contributed by atoms with Crippen LogP contribution >= 0.6 is 0 Å². The highest BCUT2D eigenvalue weighted by atomic mass is 16.5. The zero-order valence-electron chi connectivity index (χ0n) is 12.3. The summed E-state index contributed by atoms with van der Waals surface area (Å²) < 4.78 is 7.47. The van der Waals surface area contributed by atoms with Crippen molar-refractivity contribution in [2.24, 2.45) is 7.05 Å². The molecule has 0 fully saturated rings. The van der Waals surface area contributed by atoms with Crippen molar-refractivity contribution in [3.63, 3.8) is 0 Å². The molecule has 1 heterocycles. The molecule has 1 N–H and O–H groups in total. The molecule has 4 heteroatoms. The molecule has 0 bridgehead atoms. The van der Waals surface area contributed by atoms with Crippen molar-refractivity contribution in [1.82, 2.24) is 9.78 Å². The van der Waals surface area contributed by atoms with Gasteiger partial charge >= 0.3 is 0 Å². The molecule has 0 spiro atoms. The van der Waals surface area contributed by atoms with Gasteiger partial charge in [0, 0.05) is 25.6 Å². The Kier molecular flexibility index (Phi) is 4.79. The first-order valence-electron chi connectivity index (χ1n) is 6.91. The van der Waals surface area contributed by atoms with E-state index in [1.165, 1.54) is 5.56 Å². The minimum atomic E-state index is -0.408. The highest BCUT2D eigenvalue weighted by molar-refractivity contribution is 5.27. The Balaban J connectivity index is 1.78. The first-order valence-corrected chi connectivity index (χ1v) is 6.91. The number of aliphatic hydroxyl groups excluding tert-OH is 1. The van der Waals surface area contributed by atoms with E-state index in [4.69, 9.17) is 4.74 Å². The van der Waals surface area contributed by atoms with E-state index in [9.17, 15) is 5.11 Å². The smallest absolute Gasteiger partial charge is 0.119 e. The minimum absolute atomic E-state index is 0.408. The second kappa shape index (κ2) is 6.57. The molecule has 0 saturated carbocycles. The number of benzene rings is 1. The summed E-state index contributed by atoms with van der Waals surface area (Å²) in [5.74, 6) is 0.855. The zero-order chi connectivity index (χ0) is 14.5. The van der Waals surface area contributed by atoms with Gasteiger partial charge < -0.3 is 9.84 Å². The van der Waals surface area contributed by atoms with Gasteiger partial charge in [-0.1, -0.05) is 12.1 Å². The van der Waals surface area contributed by atoms with Crippen molar-refractivity contribution in [3.8, 4) is 5.75 Å². The van der Waals surface area contributed by atoms with E-state index in [2.05, 4.69) is 5.10 Å². The van der Waals surface area contributed by atoms with Crippen LogP contribution < -0.4 is 4.74 Å². The number of aliphatic hydroxyl groups is 1. The first kappa shape index (κ1) is 14.6. The number of hydrogen-bond acceptors (Lipinski definition) is 3. The quantitative estimate of drug-likeness (QED) is 0.880. The number of aryl methyl sites for hydroxylation is 3. The first-order chi connectivity index (χ1) is 9.54. The lowest BCUT2D eigenvalue weighted by Gasteiger charge is -2.12. The predicted molar refractivity (Wildman–Crippen MR) is 78.9 cm³/mol. The summed E-state index contributed by atoms with van der Waals surface area (Å²) in [5.41, 5.74) is 3.20. The summed E-state index contributed by atoms with van der Waals surface area (Å²) in [7, 11) is 1.90. The fraction of sp³-hybridized carbons (Fsp3) is 0.438. The van der Waals surface area contributed by atoms with Gasteiger partial charge in [-0.05, 0) is 37.6 Å². The lowest BCUT2D eigenvalue weighted by atomic mass is 10.1. The van der Waals surface area contributed by atoms with Crippen LogP contribution in [0.25, 0.3) is 0 Å². The van der Waals surface area contributed by atoms with Crippen LogP contribution in [-0.4, -0.2) is 27.6 Å². The maximum absolute atomic E-state index is 10.0. The standard InChI is InChI=1S/C16H22N2O2/c1-12-5-4-6-16(9-12)20-8-7-15(19)11-14-10-13(2)17-18(14)3/h4-6,9-10,15,19H,7-8,11H2,1-3H3. The van der Waals surface area contributed by atoms with Gasteiger partial charge in [-0.2, -0.15) is 5.10 Å². The van der Waals surface area contributed by atoms with Crippen LogP contribution in [0.1, 0.15) is 23.4 Å². The van der Waals surface area contributed by atoms with Crippen LogP contribution in [0.3, 0.4) is 0 Å². The van der Waals surface area contributed by atoms with E-state index >= 15 is 0 Å². The molecule has 0 amide bonds. The predicted octanol–water partition coefficient (Wildman–Crippen LogP) is 2.41. The Bertz CT molecular complexity index is 563. The van der Waals surface area contributed by atoms with Crippen molar-refractivity contribution in [1.29, 1.82) is 0 Å². The van der Waals surface area contributed by atoms with Gasteiger partial charge in [-0.15, -0.1) is 0 Å². The van der Waals surface area contributed by atoms with Crippen molar-refractivity contribution in [2.75, 3.05) is 6.61 Å². The van der Waals surface area contributed by atoms with E-state index in [1.54, 1.807) is 0 Å². The summed E-state index contributed by atoms with van der Waals surface area (Å²) in [4.78, 5) is 0. The molecule has 108 valence electrons. The maximum Gasteiger partial charge on any atom is 0.119 e. The van der Waals surface area contributed by atoms with E-state index in [0.717, 1.165) is 17.1 Å². The Morgan fingerprint density at radius 1 is 1.30 bits per heavy atom. The lowest BCUT2D eigenvalue weighted by molar-refractivity contribution is 0.137. The van der Waals surface area contributed by atoms with E-state index in [1.807, 2.05) is 55.9 Å². The minimum Gasteiger partial charge on any atom is -0.493 e. The number of nitrogens with zero attached hydrogens (tertiary/aromatic N) is 2. The average Bonchev–Trinajstić information content (AvgIpc) is 2.68. The van der Waals surface area contributed by atoms with Gasteiger partial charge in [0.1, 0.15) is 5.75 Å². The average molecular weight is 274 g/mol. The second-order valence-corrected chi connectivity index (χ2v) is 5.21. The van der Waals surface area contributed by atoms with Crippen LogP contribution in [0, 0.1) is 13.8 Å². The molecule has 0 radical (unpaired) electrons. The van der Waals surface area contributed by atoms with Crippen LogP contribution in [0.15, 0.2) is 30.3 Å². The van der Waals surface area contributed by atoms with E-state index < -0.39 is 6.10 Å². The number of rotatable bonds is 6. The SMILES string of the molecule is Cc1cccc(OCCC(O)Cc2cc(C)nn2C)c1. The molecule has 0 aliphatic carbocycles. The van der Waals surface area contributed by atoms with Gasteiger partial charge in [0.05, 0.1) is 18.4 Å². The maximum atomic E-state index is 10.0. The Labute approximate surface area is 120 Å². The summed E-state index contributed by atoms with van der Waals surface area (Å²) in [6.45, 7) is 4.50. The third-order valence-corrected chi connectivity index (χ3v) is 3.25. The summed E-state index contributed by atoms with van der Waals surface area (Å²) in [6, 6.07) is 9.94. The van der Waals surface area contributed by atoms with Gasteiger partial charge in [0.2, 0.25) is 0 Å². The molecular weight excluding hydrogens is 252 g/mol. The Morgan fingerprint density at radius 3 is 2.75 bits per heavy atom. The molecule has 0 aliphatic heterocycles. The molecule has 0 saturated heterocycles. The largest absolute Gasteiger partial charge is 0.493 e. The summed E-state index contributed by atoms with van der Waals surface area (Å²) in [6.07, 6.45) is 0.807. The van der Waals surface area contributed by atoms with Gasteiger partial charge in [-0.25, -0.2) is 0 Å². The molecule has 1 aromatic carbocycles. The molecule has 2 aromatic rings.